The van der Waals surface area contributed by atoms with Gasteiger partial charge < -0.3 is 10.1 Å². The number of alkyl halides is 3. The lowest BCUT2D eigenvalue weighted by Crippen LogP contribution is -2.26. The third kappa shape index (κ3) is 4.60. The fraction of sp³-hybridized carbons (Fsp3) is 0.474. The third-order valence-corrected chi connectivity index (χ3v) is 4.80. The Labute approximate surface area is 165 Å². The first-order chi connectivity index (χ1) is 13.3. The monoisotopic (exact) mass is 415 g/mol. The lowest BCUT2D eigenvalue weighted by atomic mass is 10.2. The number of ether oxygens (including phenoxy) is 1. The fourth-order valence-electron chi connectivity index (χ4n) is 3.01. The molecule has 0 radical (unpaired) electrons. The van der Waals surface area contributed by atoms with E-state index in [0.717, 1.165) is 12.8 Å². The van der Waals surface area contributed by atoms with Crippen LogP contribution in [0.5, 0.6) is 5.75 Å². The molecule has 1 saturated carbocycles. The molecule has 3 rings (SSSR count). The van der Waals surface area contributed by atoms with Gasteiger partial charge in [-0.05, 0) is 38.3 Å². The summed E-state index contributed by atoms with van der Waals surface area (Å²) < 4.78 is 46.0. The van der Waals surface area contributed by atoms with E-state index in [0.29, 0.717) is 36.6 Å². The summed E-state index contributed by atoms with van der Waals surface area (Å²) in [5.41, 5.74) is -0.169. The van der Waals surface area contributed by atoms with Crippen molar-refractivity contribution in [2.45, 2.75) is 44.8 Å². The highest BCUT2D eigenvalue weighted by Gasteiger charge is 2.41. The summed E-state index contributed by atoms with van der Waals surface area (Å²) in [6, 6.07) is 6.89. The van der Waals surface area contributed by atoms with E-state index in [9.17, 15) is 18.0 Å². The summed E-state index contributed by atoms with van der Waals surface area (Å²) in [6.07, 6.45) is -2.53. The maximum atomic E-state index is 13.1. The molecule has 28 heavy (non-hydrogen) atoms. The van der Waals surface area contributed by atoms with Gasteiger partial charge in [0, 0.05) is 19.0 Å². The number of benzene rings is 1. The van der Waals surface area contributed by atoms with Crippen molar-refractivity contribution < 1.29 is 22.7 Å². The van der Waals surface area contributed by atoms with Crippen molar-refractivity contribution in [3.8, 4) is 5.75 Å². The van der Waals surface area contributed by atoms with Crippen LogP contribution in [0.1, 0.15) is 53.8 Å². The topological polar surface area (TPSA) is 56.1 Å². The molecule has 1 N–H and O–H groups in total. The fourth-order valence-corrected chi connectivity index (χ4v) is 3.41. The molecule has 1 aliphatic carbocycles. The minimum atomic E-state index is -4.58. The van der Waals surface area contributed by atoms with E-state index in [-0.39, 0.29) is 23.4 Å². The van der Waals surface area contributed by atoms with Gasteiger partial charge in [-0.25, -0.2) is 0 Å². The molecule has 1 aliphatic rings. The zero-order chi connectivity index (χ0) is 20.3. The van der Waals surface area contributed by atoms with Crippen molar-refractivity contribution in [3.05, 3.63) is 46.2 Å². The Kier molecular flexibility index (Phi) is 6.17. The average Bonchev–Trinajstić information content (AvgIpc) is 3.41. The van der Waals surface area contributed by atoms with Crippen LogP contribution in [-0.4, -0.2) is 28.8 Å². The highest BCUT2D eigenvalue weighted by Crippen LogP contribution is 2.46. The molecule has 1 aromatic heterocycles. The largest absolute Gasteiger partial charge is 0.493 e. The van der Waals surface area contributed by atoms with Crippen LogP contribution in [0.15, 0.2) is 24.3 Å². The Bertz CT molecular complexity index is 847. The zero-order valence-electron chi connectivity index (χ0n) is 15.4. The number of aromatic nitrogens is 2. The molecular formula is C19H21ClF3N3O2. The van der Waals surface area contributed by atoms with E-state index < -0.39 is 11.9 Å². The Morgan fingerprint density at radius 3 is 2.71 bits per heavy atom. The molecule has 0 bridgehead atoms. The zero-order valence-corrected chi connectivity index (χ0v) is 16.1. The van der Waals surface area contributed by atoms with Crippen LogP contribution in [0, 0.1) is 0 Å². The van der Waals surface area contributed by atoms with E-state index in [1.54, 1.807) is 24.3 Å². The highest BCUT2D eigenvalue weighted by atomic mass is 35.5. The summed E-state index contributed by atoms with van der Waals surface area (Å²) >= 11 is 5.95. The molecule has 0 spiro atoms. The van der Waals surface area contributed by atoms with Gasteiger partial charge in [-0.3, -0.25) is 9.48 Å². The smallest absolute Gasteiger partial charge is 0.436 e. The van der Waals surface area contributed by atoms with E-state index >= 15 is 0 Å². The van der Waals surface area contributed by atoms with E-state index in [2.05, 4.69) is 10.4 Å². The quantitative estimate of drug-likeness (QED) is 0.638. The number of nitrogens with one attached hydrogen (secondary N) is 1. The number of rotatable bonds is 8. The number of hydrogen-bond donors (Lipinski definition) is 1. The molecule has 9 heteroatoms. The predicted molar refractivity (Wildman–Crippen MR) is 98.8 cm³/mol. The van der Waals surface area contributed by atoms with Crippen LogP contribution in [0.3, 0.4) is 0 Å². The van der Waals surface area contributed by atoms with Crippen molar-refractivity contribution >= 4 is 17.5 Å². The number of para-hydroxylation sites is 1. The molecule has 1 amide bonds. The van der Waals surface area contributed by atoms with Crippen molar-refractivity contribution in [1.29, 1.82) is 0 Å². The molecule has 1 heterocycles. The normalized spacial score (nSPS) is 14.2. The summed E-state index contributed by atoms with van der Waals surface area (Å²) in [7, 11) is 0. The predicted octanol–water partition coefficient (Wildman–Crippen LogP) is 4.65. The Hall–Kier alpha value is -2.22. The Balaban J connectivity index is 1.61. The molecule has 2 aromatic rings. The summed E-state index contributed by atoms with van der Waals surface area (Å²) in [6.45, 7) is 2.81. The highest BCUT2D eigenvalue weighted by molar-refractivity contribution is 6.32. The number of aryl methyl sites for hydroxylation is 1. The van der Waals surface area contributed by atoms with Crippen LogP contribution >= 0.6 is 11.6 Å². The number of amides is 1. The Morgan fingerprint density at radius 2 is 2.07 bits per heavy atom. The van der Waals surface area contributed by atoms with Gasteiger partial charge in [0.25, 0.3) is 5.91 Å². The first-order valence-corrected chi connectivity index (χ1v) is 9.54. The number of halogens is 4. The maximum absolute atomic E-state index is 13.1. The van der Waals surface area contributed by atoms with Crippen LogP contribution in [0.4, 0.5) is 13.2 Å². The van der Waals surface area contributed by atoms with E-state index in [1.165, 1.54) is 4.68 Å². The van der Waals surface area contributed by atoms with Crippen molar-refractivity contribution in [2.75, 3.05) is 13.2 Å². The molecule has 0 saturated heterocycles. The van der Waals surface area contributed by atoms with Crippen molar-refractivity contribution in [3.63, 3.8) is 0 Å². The molecule has 1 aromatic carbocycles. The van der Waals surface area contributed by atoms with Crippen molar-refractivity contribution in [1.82, 2.24) is 15.1 Å². The van der Waals surface area contributed by atoms with Gasteiger partial charge >= 0.3 is 6.18 Å². The van der Waals surface area contributed by atoms with Crippen LogP contribution < -0.4 is 10.1 Å². The maximum Gasteiger partial charge on any atom is 0.436 e. The van der Waals surface area contributed by atoms with Gasteiger partial charge in [0.15, 0.2) is 5.69 Å². The summed E-state index contributed by atoms with van der Waals surface area (Å²) in [5.74, 6) is 0.233. The van der Waals surface area contributed by atoms with Crippen molar-refractivity contribution in [2.24, 2.45) is 0 Å². The van der Waals surface area contributed by atoms with Crippen LogP contribution in [0.25, 0.3) is 0 Å². The second kappa shape index (κ2) is 8.43. The van der Waals surface area contributed by atoms with Gasteiger partial charge in [0.1, 0.15) is 5.75 Å². The molecule has 0 unspecified atom stereocenters. The minimum Gasteiger partial charge on any atom is -0.493 e. The first kappa shape index (κ1) is 20.5. The molecule has 1 fully saturated rings. The van der Waals surface area contributed by atoms with Gasteiger partial charge in [-0.1, -0.05) is 23.7 Å². The summed E-state index contributed by atoms with van der Waals surface area (Å²) in [5, 5.41) is 6.15. The third-order valence-electron chi connectivity index (χ3n) is 4.43. The van der Waals surface area contributed by atoms with Gasteiger partial charge in [0.05, 0.1) is 22.9 Å². The second-order valence-electron chi connectivity index (χ2n) is 6.58. The number of carbonyl (C=O) groups excluding carboxylic acids is 1. The van der Waals surface area contributed by atoms with E-state index in [4.69, 9.17) is 16.3 Å². The standard InChI is InChI=1S/C19H21ClF3N3O2/c1-2-28-14-7-4-3-6-13(14)18(27)24-10-5-11-26-16(12-8-9-12)15(20)17(25-26)19(21,22)23/h3-4,6-7,12H,2,5,8-11H2,1H3,(H,24,27). The Morgan fingerprint density at radius 1 is 1.36 bits per heavy atom. The molecule has 0 atom stereocenters. The minimum absolute atomic E-state index is 0.0313. The molecule has 0 aliphatic heterocycles. The van der Waals surface area contributed by atoms with Gasteiger partial charge in [-0.2, -0.15) is 18.3 Å². The van der Waals surface area contributed by atoms with Gasteiger partial charge in [0.2, 0.25) is 0 Å². The lowest BCUT2D eigenvalue weighted by Gasteiger charge is -2.11. The van der Waals surface area contributed by atoms with Crippen LogP contribution in [0.2, 0.25) is 5.02 Å². The summed E-state index contributed by atoms with van der Waals surface area (Å²) in [4.78, 5) is 12.3. The number of nitrogens with zero attached hydrogens (tertiary/aromatic N) is 2. The molecular weight excluding hydrogens is 395 g/mol. The number of carbonyl (C=O) groups is 1. The lowest BCUT2D eigenvalue weighted by molar-refractivity contribution is -0.141. The van der Waals surface area contributed by atoms with Crippen LogP contribution in [-0.2, 0) is 12.7 Å². The number of hydrogen-bond acceptors (Lipinski definition) is 3. The molecule has 5 nitrogen and oxygen atoms in total. The van der Waals surface area contributed by atoms with E-state index in [1.807, 2.05) is 6.92 Å². The first-order valence-electron chi connectivity index (χ1n) is 9.16. The van der Waals surface area contributed by atoms with Gasteiger partial charge in [-0.15, -0.1) is 0 Å². The second-order valence-corrected chi connectivity index (χ2v) is 6.96. The molecule has 152 valence electrons. The SMILES string of the molecule is CCOc1ccccc1C(=O)NCCCn1nc(C(F)(F)F)c(Cl)c1C1CC1. The average molecular weight is 416 g/mol.